The largest absolute Gasteiger partial charge is 0.493 e. The molecule has 0 atom stereocenters. The number of carbonyl (C=O) groups excluding carboxylic acids is 2. The van der Waals surface area contributed by atoms with Gasteiger partial charge in [-0.1, -0.05) is 0 Å². The summed E-state index contributed by atoms with van der Waals surface area (Å²) in [5, 5.41) is 0. The summed E-state index contributed by atoms with van der Waals surface area (Å²) < 4.78 is 38.0. The Bertz CT molecular complexity index is 1330. The number of carbonyl (C=O) groups is 2. The van der Waals surface area contributed by atoms with E-state index in [0.717, 1.165) is 9.82 Å². The van der Waals surface area contributed by atoms with Crippen LogP contribution in [-0.2, 0) is 28.3 Å². The van der Waals surface area contributed by atoms with Gasteiger partial charge in [0.15, 0.2) is 11.5 Å². The molecule has 0 spiro atoms. The molecule has 0 fully saturated rings. The number of methoxy groups -OCH3 is 2. The number of hydrogen-bond donors (Lipinski definition) is 2. The summed E-state index contributed by atoms with van der Waals surface area (Å²) in [6, 6.07) is 9.37. The van der Waals surface area contributed by atoms with Crippen molar-refractivity contribution in [3.63, 3.8) is 0 Å². The van der Waals surface area contributed by atoms with Gasteiger partial charge in [0.05, 0.1) is 30.1 Å². The third kappa shape index (κ3) is 5.13. The first-order valence-electron chi connectivity index (χ1n) is 10.3. The maximum absolute atomic E-state index is 12.4. The number of hydrogen-bond acceptors (Lipinski definition) is 7. The molecule has 34 heavy (non-hydrogen) atoms. The number of imidazole rings is 1. The maximum Gasteiger partial charge on any atom is 0.269 e. The Labute approximate surface area is 197 Å². The zero-order valence-corrected chi connectivity index (χ0v) is 20.4. The molecule has 0 saturated carbocycles. The Hall–Kier alpha value is -3.64. The van der Waals surface area contributed by atoms with Crippen molar-refractivity contribution < 1.29 is 27.5 Å². The third-order valence-electron chi connectivity index (χ3n) is 5.26. The molecule has 3 rings (SSSR count). The zero-order valence-electron chi connectivity index (χ0n) is 19.6. The molecule has 0 aliphatic heterocycles. The van der Waals surface area contributed by atoms with E-state index in [-0.39, 0.29) is 16.9 Å². The van der Waals surface area contributed by atoms with Crippen molar-refractivity contribution in [1.29, 1.82) is 0 Å². The van der Waals surface area contributed by atoms with E-state index >= 15 is 0 Å². The number of hydrazine groups is 1. The molecule has 2 aromatic carbocycles. The van der Waals surface area contributed by atoms with Gasteiger partial charge in [-0.05, 0) is 36.4 Å². The van der Waals surface area contributed by atoms with Crippen LogP contribution in [0.3, 0.4) is 0 Å². The lowest BCUT2D eigenvalue weighted by Crippen LogP contribution is -2.41. The van der Waals surface area contributed by atoms with Gasteiger partial charge in [-0.25, -0.2) is 17.7 Å². The first-order valence-corrected chi connectivity index (χ1v) is 11.7. The zero-order chi connectivity index (χ0) is 25.0. The minimum atomic E-state index is -3.58. The fourth-order valence-electron chi connectivity index (χ4n) is 3.29. The van der Waals surface area contributed by atoms with Crippen LogP contribution in [0.1, 0.15) is 22.6 Å². The van der Waals surface area contributed by atoms with Crippen LogP contribution in [0.2, 0.25) is 0 Å². The first-order chi connectivity index (χ1) is 16.1. The lowest BCUT2D eigenvalue weighted by Gasteiger charge is -2.11. The fourth-order valence-corrected chi connectivity index (χ4v) is 4.21. The topological polar surface area (TPSA) is 132 Å². The Morgan fingerprint density at radius 1 is 1.03 bits per heavy atom. The van der Waals surface area contributed by atoms with Crippen molar-refractivity contribution >= 4 is 32.9 Å². The maximum atomic E-state index is 12.4. The minimum Gasteiger partial charge on any atom is -0.493 e. The van der Waals surface area contributed by atoms with Gasteiger partial charge in [0.2, 0.25) is 15.9 Å². The molecular formula is C22H27N5O6S. The smallest absolute Gasteiger partial charge is 0.269 e. The van der Waals surface area contributed by atoms with Crippen LogP contribution >= 0.6 is 0 Å². The summed E-state index contributed by atoms with van der Waals surface area (Å²) in [7, 11) is 4.10. The number of amides is 2. The van der Waals surface area contributed by atoms with E-state index in [9.17, 15) is 18.0 Å². The second-order valence-corrected chi connectivity index (χ2v) is 9.75. The van der Waals surface area contributed by atoms with Crippen molar-refractivity contribution in [2.24, 2.45) is 7.05 Å². The molecule has 0 unspecified atom stereocenters. The van der Waals surface area contributed by atoms with Crippen LogP contribution < -0.4 is 20.3 Å². The van der Waals surface area contributed by atoms with E-state index in [0.29, 0.717) is 29.3 Å². The predicted molar refractivity (Wildman–Crippen MR) is 125 cm³/mol. The average molecular weight is 490 g/mol. The van der Waals surface area contributed by atoms with E-state index in [1.807, 2.05) is 0 Å². The molecule has 0 aliphatic rings. The number of sulfonamides is 1. The molecule has 2 amide bonds. The number of ether oxygens (including phenoxy) is 2. The molecule has 182 valence electrons. The first kappa shape index (κ1) is 25.0. The second kappa shape index (κ2) is 10.1. The van der Waals surface area contributed by atoms with Crippen LogP contribution in [0.15, 0.2) is 41.3 Å². The quantitative estimate of drug-likeness (QED) is 0.455. The molecule has 12 heteroatoms. The predicted octanol–water partition coefficient (Wildman–Crippen LogP) is 1.23. The van der Waals surface area contributed by atoms with Crippen LogP contribution in [-0.4, -0.2) is 62.4 Å². The summed E-state index contributed by atoms with van der Waals surface area (Å²) in [5.41, 5.74) is 6.30. The minimum absolute atomic E-state index is 0.0617. The number of nitrogens with one attached hydrogen (secondary N) is 2. The van der Waals surface area contributed by atoms with Gasteiger partial charge in [0.25, 0.3) is 5.91 Å². The van der Waals surface area contributed by atoms with Crippen molar-refractivity contribution in [2.45, 2.75) is 17.7 Å². The molecule has 1 heterocycles. The number of nitrogens with zero attached hydrogens (tertiary/aromatic N) is 3. The standard InChI is InChI=1S/C22H27N5O6S/c1-26(2)34(30,31)15-7-8-17-16(13-15)23-20(27(17)3)10-11-21(28)24-25-22(29)14-6-9-18(32-4)19(12-14)33-5/h6-9,12-13H,10-11H2,1-5H3,(H,24,28)(H,25,29). The van der Waals surface area contributed by atoms with Crippen LogP contribution in [0, 0.1) is 0 Å². The summed E-state index contributed by atoms with van der Waals surface area (Å²) in [6.07, 6.45) is 0.352. The van der Waals surface area contributed by atoms with Crippen LogP contribution in [0.25, 0.3) is 11.0 Å². The molecule has 11 nitrogen and oxygen atoms in total. The lowest BCUT2D eigenvalue weighted by atomic mass is 10.2. The normalized spacial score (nSPS) is 11.5. The van der Waals surface area contributed by atoms with E-state index in [2.05, 4.69) is 15.8 Å². The van der Waals surface area contributed by atoms with Crippen LogP contribution in [0.5, 0.6) is 11.5 Å². The van der Waals surface area contributed by atoms with Gasteiger partial charge in [0.1, 0.15) is 5.82 Å². The van der Waals surface area contributed by atoms with Crippen molar-refractivity contribution in [3.8, 4) is 11.5 Å². The third-order valence-corrected chi connectivity index (χ3v) is 7.07. The van der Waals surface area contributed by atoms with E-state index in [1.54, 1.807) is 29.8 Å². The highest BCUT2D eigenvalue weighted by molar-refractivity contribution is 7.89. The molecule has 0 aliphatic carbocycles. The number of fused-ring (bicyclic) bond motifs is 1. The summed E-state index contributed by atoms with van der Waals surface area (Å²) in [6.45, 7) is 0. The number of aryl methyl sites for hydroxylation is 2. The van der Waals surface area contributed by atoms with Crippen LogP contribution in [0.4, 0.5) is 0 Å². The Balaban J connectivity index is 1.63. The van der Waals surface area contributed by atoms with Gasteiger partial charge in [-0.3, -0.25) is 20.4 Å². The summed E-state index contributed by atoms with van der Waals surface area (Å²) in [5.74, 6) is 0.570. The Morgan fingerprint density at radius 2 is 1.74 bits per heavy atom. The van der Waals surface area contributed by atoms with Crippen molar-refractivity contribution in [2.75, 3.05) is 28.3 Å². The Morgan fingerprint density at radius 3 is 2.38 bits per heavy atom. The Kier molecular flexibility index (Phi) is 7.42. The summed E-state index contributed by atoms with van der Waals surface area (Å²) in [4.78, 5) is 29.2. The highest BCUT2D eigenvalue weighted by atomic mass is 32.2. The van der Waals surface area contributed by atoms with Crippen molar-refractivity contribution in [3.05, 3.63) is 47.8 Å². The van der Waals surface area contributed by atoms with Gasteiger partial charge < -0.3 is 14.0 Å². The number of rotatable bonds is 8. The van der Waals surface area contributed by atoms with E-state index in [1.165, 1.54) is 46.5 Å². The molecule has 0 radical (unpaired) electrons. The highest BCUT2D eigenvalue weighted by Gasteiger charge is 2.19. The van der Waals surface area contributed by atoms with Gasteiger partial charge >= 0.3 is 0 Å². The van der Waals surface area contributed by atoms with Gasteiger partial charge in [-0.2, -0.15) is 0 Å². The summed E-state index contributed by atoms with van der Waals surface area (Å²) >= 11 is 0. The lowest BCUT2D eigenvalue weighted by molar-refractivity contribution is -0.121. The van der Waals surface area contributed by atoms with Gasteiger partial charge in [-0.15, -0.1) is 0 Å². The molecule has 1 aromatic heterocycles. The highest BCUT2D eigenvalue weighted by Crippen LogP contribution is 2.27. The molecule has 3 aromatic rings. The second-order valence-electron chi connectivity index (χ2n) is 7.60. The SMILES string of the molecule is COc1ccc(C(=O)NNC(=O)CCc2nc3cc(S(=O)(=O)N(C)C)ccc3n2C)cc1OC. The van der Waals surface area contributed by atoms with Gasteiger partial charge in [0, 0.05) is 39.5 Å². The number of benzene rings is 2. The monoisotopic (exact) mass is 489 g/mol. The molecular weight excluding hydrogens is 462 g/mol. The fraction of sp³-hybridized carbons (Fsp3) is 0.318. The van der Waals surface area contributed by atoms with E-state index in [4.69, 9.17) is 9.47 Å². The van der Waals surface area contributed by atoms with E-state index < -0.39 is 21.8 Å². The number of aromatic nitrogens is 2. The molecule has 0 bridgehead atoms. The molecule has 0 saturated heterocycles. The van der Waals surface area contributed by atoms with Crippen molar-refractivity contribution in [1.82, 2.24) is 24.7 Å². The molecule has 2 N–H and O–H groups in total. The average Bonchev–Trinajstić information content (AvgIpc) is 3.15.